The van der Waals surface area contributed by atoms with Crippen molar-refractivity contribution in [3.05, 3.63) is 0 Å². The molecule has 1 aliphatic heterocycles. The zero-order valence-electron chi connectivity index (χ0n) is 15.7. The topological polar surface area (TPSA) is 51.7 Å². The van der Waals surface area contributed by atoms with Crippen LogP contribution in [0, 0.1) is 0 Å². The summed E-state index contributed by atoms with van der Waals surface area (Å²) in [5.74, 6) is 0.933. The summed E-state index contributed by atoms with van der Waals surface area (Å²) < 4.78 is 0. The van der Waals surface area contributed by atoms with Crippen molar-refractivity contribution < 1.29 is 0 Å². The Bertz CT molecular complexity index is 319. The molecule has 23 heavy (non-hydrogen) atoms. The molecule has 0 amide bonds. The molecule has 138 valence electrons. The fourth-order valence-corrected chi connectivity index (χ4v) is 2.69. The summed E-state index contributed by atoms with van der Waals surface area (Å²) in [5, 5.41) is 10.4. The summed E-state index contributed by atoms with van der Waals surface area (Å²) in [4.78, 5) is 6.93. The lowest BCUT2D eigenvalue weighted by Gasteiger charge is -2.33. The number of hydrogen-bond acceptors (Lipinski definition) is 3. The fraction of sp³-hybridized carbons (Fsp3) is 0.941. The molecule has 1 heterocycles. The fourth-order valence-electron chi connectivity index (χ4n) is 2.69. The highest BCUT2D eigenvalue weighted by molar-refractivity contribution is 14.0. The van der Waals surface area contributed by atoms with Crippen molar-refractivity contribution in [1.82, 2.24) is 20.9 Å². The number of nitrogens with zero attached hydrogens (tertiary/aromatic N) is 2. The monoisotopic (exact) mass is 439 g/mol. The molecule has 1 aliphatic rings. The smallest absolute Gasteiger partial charge is 0.191 e. The van der Waals surface area contributed by atoms with Gasteiger partial charge in [-0.1, -0.05) is 13.3 Å². The maximum Gasteiger partial charge on any atom is 0.191 e. The van der Waals surface area contributed by atoms with Crippen molar-refractivity contribution in [2.45, 2.75) is 65.0 Å². The van der Waals surface area contributed by atoms with Crippen LogP contribution in [0.25, 0.3) is 0 Å². The molecule has 1 rings (SSSR count). The van der Waals surface area contributed by atoms with E-state index >= 15 is 0 Å². The van der Waals surface area contributed by atoms with Gasteiger partial charge < -0.3 is 20.9 Å². The molecule has 1 fully saturated rings. The Morgan fingerprint density at radius 2 is 1.83 bits per heavy atom. The third-order valence-electron chi connectivity index (χ3n) is 4.05. The molecule has 0 unspecified atom stereocenters. The van der Waals surface area contributed by atoms with E-state index in [1.165, 1.54) is 45.3 Å². The first-order chi connectivity index (χ1) is 10.4. The van der Waals surface area contributed by atoms with Crippen LogP contribution in [0.3, 0.4) is 0 Å². The van der Waals surface area contributed by atoms with Crippen LogP contribution in [0.15, 0.2) is 4.99 Å². The van der Waals surface area contributed by atoms with Crippen LogP contribution in [-0.2, 0) is 0 Å². The Kier molecular flexibility index (Phi) is 12.3. The average molecular weight is 439 g/mol. The first-order valence-electron chi connectivity index (χ1n) is 8.89. The summed E-state index contributed by atoms with van der Waals surface area (Å²) >= 11 is 0. The number of likely N-dealkylation sites (tertiary alicyclic amines) is 1. The summed E-state index contributed by atoms with van der Waals surface area (Å²) in [6, 6.07) is 0.555. The van der Waals surface area contributed by atoms with E-state index in [0.29, 0.717) is 6.04 Å². The second kappa shape index (κ2) is 12.3. The molecule has 5 nitrogen and oxygen atoms in total. The van der Waals surface area contributed by atoms with Crippen LogP contribution < -0.4 is 16.0 Å². The number of guanidine groups is 1. The predicted octanol–water partition coefficient (Wildman–Crippen LogP) is 2.42. The van der Waals surface area contributed by atoms with Gasteiger partial charge in [0.2, 0.25) is 0 Å². The molecule has 1 saturated heterocycles. The van der Waals surface area contributed by atoms with Gasteiger partial charge in [-0.05, 0) is 46.6 Å². The molecular weight excluding hydrogens is 401 g/mol. The van der Waals surface area contributed by atoms with E-state index in [4.69, 9.17) is 0 Å². The van der Waals surface area contributed by atoms with Crippen molar-refractivity contribution in [2.75, 3.05) is 39.8 Å². The normalized spacial score (nSPS) is 17.7. The number of nitrogens with one attached hydrogen (secondary N) is 3. The Morgan fingerprint density at radius 3 is 2.35 bits per heavy atom. The molecule has 0 aromatic carbocycles. The standard InChI is InChI=1S/C17H37N5.HI/c1-6-7-12-22-13-8-15(9-14-22)21-16(18-5)19-10-11-20-17(2,3)4;/h15,20H,6-14H2,1-5H3,(H2,18,19,21);1H. The number of halogens is 1. The third-order valence-corrected chi connectivity index (χ3v) is 4.05. The Balaban J connectivity index is 0.00000484. The SMILES string of the molecule is CCCCN1CCC(NC(=NC)NCCNC(C)(C)C)CC1.I. The van der Waals surface area contributed by atoms with Crippen molar-refractivity contribution in [1.29, 1.82) is 0 Å². The van der Waals surface area contributed by atoms with E-state index in [-0.39, 0.29) is 29.5 Å². The Hall–Kier alpha value is -0.0800. The van der Waals surface area contributed by atoms with E-state index in [2.05, 4.69) is 53.5 Å². The second-order valence-electron chi connectivity index (χ2n) is 7.29. The molecule has 0 saturated carbocycles. The van der Waals surface area contributed by atoms with Gasteiger partial charge >= 0.3 is 0 Å². The van der Waals surface area contributed by atoms with Crippen LogP contribution in [0.1, 0.15) is 53.4 Å². The quantitative estimate of drug-likeness (QED) is 0.247. The lowest BCUT2D eigenvalue weighted by Crippen LogP contribution is -2.50. The number of aliphatic imine (C=N–C) groups is 1. The number of rotatable bonds is 7. The van der Waals surface area contributed by atoms with Gasteiger partial charge in [0.05, 0.1) is 0 Å². The number of unbranched alkanes of at least 4 members (excludes halogenated alkanes) is 1. The minimum Gasteiger partial charge on any atom is -0.355 e. The van der Waals surface area contributed by atoms with Crippen molar-refractivity contribution in [3.63, 3.8) is 0 Å². The summed E-state index contributed by atoms with van der Waals surface area (Å²) in [6.45, 7) is 14.3. The van der Waals surface area contributed by atoms with Crippen LogP contribution in [0.5, 0.6) is 0 Å². The highest BCUT2D eigenvalue weighted by atomic mass is 127. The zero-order chi connectivity index (χ0) is 16.4. The zero-order valence-corrected chi connectivity index (χ0v) is 18.1. The maximum absolute atomic E-state index is 4.34. The van der Waals surface area contributed by atoms with Gasteiger partial charge in [-0.15, -0.1) is 24.0 Å². The van der Waals surface area contributed by atoms with Gasteiger partial charge in [-0.3, -0.25) is 4.99 Å². The predicted molar refractivity (Wildman–Crippen MR) is 112 cm³/mol. The van der Waals surface area contributed by atoms with Crippen LogP contribution in [0.4, 0.5) is 0 Å². The molecule has 0 aromatic heterocycles. The van der Waals surface area contributed by atoms with Gasteiger partial charge in [0.15, 0.2) is 5.96 Å². The number of hydrogen-bond donors (Lipinski definition) is 3. The Morgan fingerprint density at radius 1 is 1.17 bits per heavy atom. The highest BCUT2D eigenvalue weighted by Crippen LogP contribution is 2.10. The molecule has 0 spiro atoms. The van der Waals surface area contributed by atoms with Crippen molar-refractivity contribution in [3.8, 4) is 0 Å². The van der Waals surface area contributed by atoms with Gasteiger partial charge in [0, 0.05) is 44.8 Å². The molecule has 3 N–H and O–H groups in total. The Labute approximate surface area is 160 Å². The van der Waals surface area contributed by atoms with Crippen LogP contribution in [-0.4, -0.2) is 62.2 Å². The summed E-state index contributed by atoms with van der Waals surface area (Å²) in [5.41, 5.74) is 0.171. The summed E-state index contributed by atoms with van der Waals surface area (Å²) in [7, 11) is 1.85. The van der Waals surface area contributed by atoms with E-state index in [1.54, 1.807) is 0 Å². The molecule has 6 heteroatoms. The van der Waals surface area contributed by atoms with Crippen LogP contribution >= 0.6 is 24.0 Å². The molecule has 0 bridgehead atoms. The van der Waals surface area contributed by atoms with Gasteiger partial charge in [0.1, 0.15) is 0 Å². The van der Waals surface area contributed by atoms with E-state index in [1.807, 2.05) is 7.05 Å². The van der Waals surface area contributed by atoms with Gasteiger partial charge in [0.25, 0.3) is 0 Å². The largest absolute Gasteiger partial charge is 0.355 e. The van der Waals surface area contributed by atoms with Crippen LogP contribution in [0.2, 0.25) is 0 Å². The molecule has 0 aromatic rings. The van der Waals surface area contributed by atoms with E-state index in [0.717, 1.165) is 19.0 Å². The molecular formula is C17H38IN5. The third kappa shape index (κ3) is 11.2. The minimum absolute atomic E-state index is 0. The van der Waals surface area contributed by atoms with Crippen molar-refractivity contribution >= 4 is 29.9 Å². The maximum atomic E-state index is 4.34. The van der Waals surface area contributed by atoms with Crippen molar-refractivity contribution in [2.24, 2.45) is 4.99 Å². The first-order valence-corrected chi connectivity index (χ1v) is 8.89. The average Bonchev–Trinajstić information content (AvgIpc) is 2.48. The number of piperidine rings is 1. The second-order valence-corrected chi connectivity index (χ2v) is 7.29. The minimum atomic E-state index is 0. The lowest BCUT2D eigenvalue weighted by molar-refractivity contribution is 0.203. The molecule has 0 atom stereocenters. The van der Waals surface area contributed by atoms with E-state index in [9.17, 15) is 0 Å². The highest BCUT2D eigenvalue weighted by Gasteiger charge is 2.19. The van der Waals surface area contributed by atoms with E-state index < -0.39 is 0 Å². The molecule has 0 radical (unpaired) electrons. The summed E-state index contributed by atoms with van der Waals surface area (Å²) in [6.07, 6.45) is 5.04. The van der Waals surface area contributed by atoms with Gasteiger partial charge in [-0.2, -0.15) is 0 Å². The first kappa shape index (κ1) is 22.9. The molecule has 0 aliphatic carbocycles. The van der Waals surface area contributed by atoms with Gasteiger partial charge in [-0.25, -0.2) is 0 Å². The lowest BCUT2D eigenvalue weighted by atomic mass is 10.0.